The van der Waals surface area contributed by atoms with Crippen molar-refractivity contribution in [3.05, 3.63) is 307 Å². The zero-order valence-corrected chi connectivity index (χ0v) is 64.8. The van der Waals surface area contributed by atoms with Gasteiger partial charge in [-0.15, -0.1) is 0 Å². The number of aromatic nitrogens is 6. The standard InChI is InChI=1S/2C25H16F3N3O5S.C19H13BrFN3O5S.C7H6F2O2.CH4.H3P/c2*1-35-23-12-19(15-8-16(26)11-17(27)9-15)20(28)13-22(23)31-21-4-3-18(10-14(21)2-5-25(31)32)37(33,34)30-24-6-7-36-29-24;1-28-17-9-13(20)14(21)10-16(17)24-15-4-3-12(8-11(15)2-5-19(24)25)30(26,27)23-18-6-7-29-22-18;8-5-1-6(9)3-7(2-5)11-4-10;;/h2*2-13H,1H3,(H,29,30);2-10H,1H3,(H,22,23);1-3,10H,4H2;1H4;1H3. The van der Waals surface area contributed by atoms with Crippen LogP contribution in [-0.2, 0) is 30.1 Å². The number of nitrogens with zero attached hydrogens (tertiary/aromatic N) is 6. The summed E-state index contributed by atoms with van der Waals surface area (Å²) < 4.78 is 245. The van der Waals surface area contributed by atoms with E-state index in [1.54, 1.807) is 0 Å². The minimum atomic E-state index is -4.03. The number of hydrogen-bond donors (Lipinski definition) is 4. The highest BCUT2D eigenvalue weighted by Crippen LogP contribution is 2.38. The zero-order valence-electron chi connectivity index (χ0n) is 59.4. The average molecular weight is 1760 g/mol. The van der Waals surface area contributed by atoms with E-state index in [2.05, 4.69) is 63.9 Å². The number of pyridine rings is 3. The number of hydrogen-bond acceptors (Lipinski definition) is 20. The van der Waals surface area contributed by atoms with Gasteiger partial charge < -0.3 is 37.6 Å². The van der Waals surface area contributed by atoms with E-state index in [0.717, 1.165) is 63.7 Å². The SMILES string of the molecule is C.COc1cc(-c2cc(F)cc(F)c2)c(F)cc1-n1c(=O)ccc2cc(S(=O)(=O)Nc3ccon3)ccc21.COc1cc(-c2cc(F)cc(F)c2)c(F)cc1-n1c(=O)ccc2cc(S(=O)(=O)Nc3ccon3)ccc21.COc1cc(Br)c(F)cc1-n1c(=O)ccc2cc(S(=O)(=O)Nc3ccon3)ccc21.OCOc1cc(F)cc(F)c1.P. The molecule has 0 aliphatic heterocycles. The predicted octanol–water partition coefficient (Wildman–Crippen LogP) is 15.4. The molecule has 1 unspecified atom stereocenters. The predicted molar refractivity (Wildman–Crippen MR) is 420 cm³/mol. The Balaban J connectivity index is 0.000000173. The number of halogens is 10. The minimum absolute atomic E-state index is 0. The van der Waals surface area contributed by atoms with Gasteiger partial charge in [0.15, 0.2) is 24.2 Å². The van der Waals surface area contributed by atoms with Gasteiger partial charge in [0.1, 0.15) is 94.1 Å². The van der Waals surface area contributed by atoms with E-state index < -0.39 is 106 Å². The largest absolute Gasteiger partial charge is 0.495 e. The van der Waals surface area contributed by atoms with Gasteiger partial charge in [0, 0.05) is 112 Å². The summed E-state index contributed by atoms with van der Waals surface area (Å²) in [5.74, 6) is -6.94. The van der Waals surface area contributed by atoms with Crippen molar-refractivity contribution in [2.45, 2.75) is 22.1 Å². The second-order valence-corrected chi connectivity index (χ2v) is 29.7. The van der Waals surface area contributed by atoms with E-state index in [1.165, 1.54) is 178 Å². The summed E-state index contributed by atoms with van der Waals surface area (Å²) in [5.41, 5.74) is -0.826. The van der Waals surface area contributed by atoms with Crippen molar-refractivity contribution < 1.29 is 102 Å². The molecular formula is C77H58BrF9N9O17PS3. The topological polar surface area (TPSA) is 340 Å². The number of anilines is 3. The number of aliphatic hydroxyl groups is 1. The highest BCUT2D eigenvalue weighted by molar-refractivity contribution is 9.10. The molecule has 0 spiro atoms. The molecule has 0 aliphatic rings. The summed E-state index contributed by atoms with van der Waals surface area (Å²) >= 11 is 3.09. The maximum absolute atomic E-state index is 15.2. The van der Waals surface area contributed by atoms with E-state index in [1.807, 2.05) is 0 Å². The van der Waals surface area contributed by atoms with Crippen LogP contribution in [0.1, 0.15) is 7.43 Å². The molecule has 15 aromatic rings. The molecule has 26 nitrogen and oxygen atoms in total. The Morgan fingerprint density at radius 1 is 0.393 bits per heavy atom. The fourth-order valence-electron chi connectivity index (χ4n) is 11.5. The van der Waals surface area contributed by atoms with Crippen LogP contribution in [0.25, 0.3) is 72.0 Å². The molecule has 0 saturated heterocycles. The van der Waals surface area contributed by atoms with Crippen molar-refractivity contribution in [2.24, 2.45) is 0 Å². The molecule has 6 aromatic heterocycles. The number of benzene rings is 9. The van der Waals surface area contributed by atoms with Gasteiger partial charge in [-0.3, -0.25) is 42.3 Å². The molecule has 0 aliphatic carbocycles. The van der Waals surface area contributed by atoms with Gasteiger partial charge in [0.05, 0.1) is 74.1 Å². The fourth-order valence-corrected chi connectivity index (χ4v) is 14.9. The van der Waals surface area contributed by atoms with Crippen LogP contribution in [0.3, 0.4) is 0 Å². The molecule has 0 amide bonds. The van der Waals surface area contributed by atoms with Crippen LogP contribution >= 0.6 is 25.8 Å². The van der Waals surface area contributed by atoms with Gasteiger partial charge in [-0.2, -0.15) is 9.90 Å². The number of ether oxygens (including phenoxy) is 4. The van der Waals surface area contributed by atoms with Gasteiger partial charge in [0.2, 0.25) is 0 Å². The molecule has 6 heterocycles. The van der Waals surface area contributed by atoms with Crippen LogP contribution in [-0.4, -0.2) is 87.7 Å². The average Bonchev–Trinajstić information content (AvgIpc) is 0.867. The Labute approximate surface area is 667 Å². The van der Waals surface area contributed by atoms with Crippen molar-refractivity contribution in [1.82, 2.24) is 29.2 Å². The monoisotopic (exact) mass is 1760 g/mol. The second kappa shape index (κ2) is 36.2. The van der Waals surface area contributed by atoms with E-state index in [-0.39, 0.29) is 127 Å². The molecular weight excluding hydrogens is 1700 g/mol. The molecule has 0 saturated carbocycles. The first-order valence-corrected chi connectivity index (χ1v) is 37.8. The van der Waals surface area contributed by atoms with Crippen molar-refractivity contribution >= 4 is 106 Å². The summed E-state index contributed by atoms with van der Waals surface area (Å²) in [6, 6.07) is 39.2. The smallest absolute Gasteiger partial charge is 0.263 e. The minimum Gasteiger partial charge on any atom is -0.495 e. The number of aliphatic hydroxyl groups excluding tert-OH is 1. The first-order valence-electron chi connectivity index (χ1n) is 32.5. The fraction of sp³-hybridized carbons (Fsp3) is 0.0649. The molecule has 40 heteroatoms. The molecule has 4 N–H and O–H groups in total. The molecule has 1 atom stereocenters. The number of fused-ring (bicyclic) bond motifs is 3. The summed E-state index contributed by atoms with van der Waals surface area (Å²) in [5, 5.41) is 19.9. The number of sulfonamides is 3. The Kier molecular flexibility index (Phi) is 26.7. The van der Waals surface area contributed by atoms with Crippen molar-refractivity contribution in [2.75, 3.05) is 42.3 Å². The van der Waals surface area contributed by atoms with Crippen LogP contribution in [0.15, 0.2) is 266 Å². The van der Waals surface area contributed by atoms with Gasteiger partial charge >= 0.3 is 0 Å². The second-order valence-electron chi connectivity index (χ2n) is 23.8. The van der Waals surface area contributed by atoms with E-state index in [9.17, 15) is 70.4 Å². The maximum Gasteiger partial charge on any atom is 0.263 e. The Morgan fingerprint density at radius 3 is 0.983 bits per heavy atom. The van der Waals surface area contributed by atoms with E-state index >= 15 is 8.78 Å². The molecule has 15 rings (SSSR count). The van der Waals surface area contributed by atoms with Gasteiger partial charge in [0.25, 0.3) is 46.7 Å². The number of nitrogens with one attached hydrogen (secondary N) is 3. The lowest BCUT2D eigenvalue weighted by molar-refractivity contribution is 0.0979. The number of rotatable bonds is 19. The van der Waals surface area contributed by atoms with Gasteiger partial charge in [-0.25, -0.2) is 64.8 Å². The first kappa shape index (κ1) is 86.3. The quantitative estimate of drug-likeness (QED) is 0.0332. The van der Waals surface area contributed by atoms with Crippen molar-refractivity contribution in [1.29, 1.82) is 0 Å². The van der Waals surface area contributed by atoms with Gasteiger partial charge in [-0.1, -0.05) is 22.9 Å². The van der Waals surface area contributed by atoms with E-state index in [4.69, 9.17) is 19.3 Å². The normalized spacial score (nSPS) is 11.2. The summed E-state index contributed by atoms with van der Waals surface area (Å²) in [6.07, 6.45) is 3.65. The molecule has 117 heavy (non-hydrogen) atoms. The van der Waals surface area contributed by atoms with E-state index in [0.29, 0.717) is 33.8 Å². The summed E-state index contributed by atoms with van der Waals surface area (Å²) in [4.78, 5) is 38.1. The Hall–Kier alpha value is -13.1. The van der Waals surface area contributed by atoms with Crippen LogP contribution in [0.4, 0.5) is 57.0 Å². The van der Waals surface area contributed by atoms with Crippen LogP contribution in [0.5, 0.6) is 23.0 Å². The van der Waals surface area contributed by atoms with Crippen LogP contribution < -0.4 is 49.8 Å². The summed E-state index contributed by atoms with van der Waals surface area (Å²) in [6.45, 7) is -0.594. The van der Waals surface area contributed by atoms with Crippen LogP contribution in [0.2, 0.25) is 0 Å². The van der Waals surface area contributed by atoms with Gasteiger partial charge in [-0.05, 0) is 142 Å². The third-order valence-electron chi connectivity index (χ3n) is 16.5. The molecule has 0 bridgehead atoms. The zero-order chi connectivity index (χ0) is 82.4. The molecule has 0 fully saturated rings. The Bertz CT molecular complexity index is 6470. The summed E-state index contributed by atoms with van der Waals surface area (Å²) in [7, 11) is -8.01. The van der Waals surface area contributed by atoms with Crippen molar-refractivity contribution in [3.8, 4) is 62.3 Å². The first-order chi connectivity index (χ1) is 54.8. The third kappa shape index (κ3) is 19.5. The highest BCUT2D eigenvalue weighted by Gasteiger charge is 2.25. The third-order valence-corrected chi connectivity index (χ3v) is 21.1. The lowest BCUT2D eigenvalue weighted by Crippen LogP contribution is -2.19. The number of methoxy groups -OCH3 is 3. The lowest BCUT2D eigenvalue weighted by Gasteiger charge is -2.16. The van der Waals surface area contributed by atoms with Crippen LogP contribution in [0, 0.1) is 52.4 Å². The molecule has 9 aromatic carbocycles. The maximum atomic E-state index is 15.2. The highest BCUT2D eigenvalue weighted by atomic mass is 79.9. The van der Waals surface area contributed by atoms with Crippen molar-refractivity contribution in [3.63, 3.8) is 0 Å². The molecule has 0 radical (unpaired) electrons. The molecule has 606 valence electrons. The lowest BCUT2D eigenvalue weighted by atomic mass is 10.0. The Morgan fingerprint density at radius 2 is 0.692 bits per heavy atom.